The van der Waals surface area contributed by atoms with E-state index in [2.05, 4.69) is 14.8 Å². The van der Waals surface area contributed by atoms with Gasteiger partial charge < -0.3 is 14.8 Å². The summed E-state index contributed by atoms with van der Waals surface area (Å²) in [7, 11) is 1.17. The molecule has 92 valence electrons. The van der Waals surface area contributed by atoms with Crippen molar-refractivity contribution >= 4 is 11.9 Å². The predicted molar refractivity (Wildman–Crippen MR) is 44.4 cm³/mol. The second kappa shape index (κ2) is 4.69. The minimum atomic E-state index is -5.01. The van der Waals surface area contributed by atoms with E-state index in [1.54, 1.807) is 0 Å². The van der Waals surface area contributed by atoms with E-state index in [-0.39, 0.29) is 13.0 Å². The van der Waals surface area contributed by atoms with Crippen molar-refractivity contribution in [3.05, 3.63) is 0 Å². The van der Waals surface area contributed by atoms with Gasteiger partial charge in [0.1, 0.15) is 12.1 Å². The molecule has 5 nitrogen and oxygen atoms in total. The second-order valence-electron chi connectivity index (χ2n) is 3.24. The number of nitrogens with one attached hydrogen (secondary N) is 1. The van der Waals surface area contributed by atoms with Crippen LogP contribution >= 0.6 is 0 Å². The number of methoxy groups -OCH3 is 1. The number of carbonyl (C=O) groups is 2. The number of rotatable bonds is 2. The molecule has 8 heteroatoms. The first-order valence-electron chi connectivity index (χ1n) is 4.43. The topological polar surface area (TPSA) is 64.6 Å². The van der Waals surface area contributed by atoms with Crippen LogP contribution in [0.15, 0.2) is 0 Å². The van der Waals surface area contributed by atoms with Crippen LogP contribution in [-0.4, -0.2) is 43.9 Å². The zero-order valence-corrected chi connectivity index (χ0v) is 8.34. The Kier molecular flexibility index (Phi) is 3.74. The molecule has 0 aromatic heterocycles. The third-order valence-electron chi connectivity index (χ3n) is 2.08. The van der Waals surface area contributed by atoms with E-state index in [0.29, 0.717) is 0 Å². The van der Waals surface area contributed by atoms with Crippen molar-refractivity contribution < 1.29 is 32.2 Å². The van der Waals surface area contributed by atoms with E-state index in [0.717, 1.165) is 0 Å². The third-order valence-corrected chi connectivity index (χ3v) is 2.08. The van der Waals surface area contributed by atoms with Gasteiger partial charge in [0.25, 0.3) is 0 Å². The highest BCUT2D eigenvalue weighted by Gasteiger charge is 2.44. The van der Waals surface area contributed by atoms with Gasteiger partial charge in [0.2, 0.25) is 0 Å². The Morgan fingerprint density at radius 2 is 2.00 bits per heavy atom. The summed E-state index contributed by atoms with van der Waals surface area (Å²) in [6.45, 7) is 0.00157. The molecule has 0 aromatic rings. The van der Waals surface area contributed by atoms with E-state index >= 15 is 0 Å². The number of esters is 2. The molecule has 1 aliphatic heterocycles. The van der Waals surface area contributed by atoms with Crippen LogP contribution in [0.2, 0.25) is 0 Å². The maximum Gasteiger partial charge on any atom is 0.490 e. The minimum absolute atomic E-state index is 0.00157. The summed E-state index contributed by atoms with van der Waals surface area (Å²) in [4.78, 5) is 21.5. The van der Waals surface area contributed by atoms with Gasteiger partial charge in [-0.3, -0.25) is 4.79 Å². The van der Waals surface area contributed by atoms with E-state index in [1.807, 2.05) is 0 Å². The number of hydrogen-bond donors (Lipinski definition) is 1. The fraction of sp³-hybridized carbons (Fsp3) is 0.750. The largest absolute Gasteiger partial charge is 0.490 e. The predicted octanol–water partition coefficient (Wildman–Crippen LogP) is -0.00460. The lowest BCUT2D eigenvalue weighted by molar-refractivity contribution is -0.204. The van der Waals surface area contributed by atoms with Crippen LogP contribution in [-0.2, 0) is 19.1 Å². The second-order valence-corrected chi connectivity index (χ2v) is 3.24. The van der Waals surface area contributed by atoms with Crippen molar-refractivity contribution in [2.24, 2.45) is 0 Å². The highest BCUT2D eigenvalue weighted by molar-refractivity contribution is 5.77. The fourth-order valence-corrected chi connectivity index (χ4v) is 1.33. The van der Waals surface area contributed by atoms with E-state index in [4.69, 9.17) is 0 Å². The Hall–Kier alpha value is -1.31. The lowest BCUT2D eigenvalue weighted by Crippen LogP contribution is -2.31. The van der Waals surface area contributed by atoms with Gasteiger partial charge in [-0.05, 0) is 0 Å². The van der Waals surface area contributed by atoms with Crippen molar-refractivity contribution in [3.8, 4) is 0 Å². The summed E-state index contributed by atoms with van der Waals surface area (Å²) in [5, 5.41) is 2.60. The van der Waals surface area contributed by atoms with Crippen LogP contribution in [0.4, 0.5) is 13.2 Å². The van der Waals surface area contributed by atoms with Gasteiger partial charge in [0.05, 0.1) is 7.11 Å². The standard InChI is InChI=1S/C8H10F3NO4/c1-15-6(13)5-2-4(3-12-5)16-7(14)8(9,10)11/h4-5,12H,2-3H2,1H3/t4-,5+/m1/s1. The number of halogens is 3. The van der Waals surface area contributed by atoms with Gasteiger partial charge in [-0.1, -0.05) is 0 Å². The molecule has 0 bridgehead atoms. The SMILES string of the molecule is COC(=O)[C@@H]1C[C@@H](OC(=O)C(F)(F)F)CN1. The number of carbonyl (C=O) groups excluding carboxylic acids is 2. The van der Waals surface area contributed by atoms with Crippen molar-refractivity contribution in [1.82, 2.24) is 5.32 Å². The van der Waals surface area contributed by atoms with E-state index in [1.165, 1.54) is 7.11 Å². The van der Waals surface area contributed by atoms with Crippen LogP contribution in [0.5, 0.6) is 0 Å². The molecule has 0 aromatic carbocycles. The molecule has 1 heterocycles. The minimum Gasteiger partial charge on any atom is -0.468 e. The zero-order chi connectivity index (χ0) is 12.3. The highest BCUT2D eigenvalue weighted by Crippen LogP contribution is 2.20. The van der Waals surface area contributed by atoms with Gasteiger partial charge in [-0.25, -0.2) is 4.79 Å². The van der Waals surface area contributed by atoms with Crippen molar-refractivity contribution in [3.63, 3.8) is 0 Å². The van der Waals surface area contributed by atoms with Crippen LogP contribution < -0.4 is 5.32 Å². The lowest BCUT2D eigenvalue weighted by Gasteiger charge is -2.12. The molecule has 1 saturated heterocycles. The van der Waals surface area contributed by atoms with Gasteiger partial charge in [0, 0.05) is 13.0 Å². The van der Waals surface area contributed by atoms with Crippen LogP contribution in [0.1, 0.15) is 6.42 Å². The molecule has 0 radical (unpaired) electrons. The maximum atomic E-state index is 11.8. The Balaban J connectivity index is 2.43. The summed E-state index contributed by atoms with van der Waals surface area (Å²) in [5.74, 6) is -2.84. The molecule has 0 amide bonds. The Morgan fingerprint density at radius 1 is 1.38 bits per heavy atom. The molecule has 1 N–H and O–H groups in total. The summed E-state index contributed by atoms with van der Waals surface area (Å²) >= 11 is 0. The normalized spacial score (nSPS) is 25.2. The number of ether oxygens (including phenoxy) is 2. The quantitative estimate of drug-likeness (QED) is 0.689. The molecular weight excluding hydrogens is 231 g/mol. The van der Waals surface area contributed by atoms with Gasteiger partial charge in [-0.2, -0.15) is 13.2 Å². The molecule has 0 unspecified atom stereocenters. The van der Waals surface area contributed by atoms with Crippen LogP contribution in [0, 0.1) is 0 Å². The molecule has 1 rings (SSSR count). The summed E-state index contributed by atoms with van der Waals surface area (Å²) < 4.78 is 44.1. The zero-order valence-electron chi connectivity index (χ0n) is 8.34. The van der Waals surface area contributed by atoms with E-state index < -0.39 is 30.3 Å². The number of hydrogen-bond acceptors (Lipinski definition) is 5. The fourth-order valence-electron chi connectivity index (χ4n) is 1.33. The van der Waals surface area contributed by atoms with Gasteiger partial charge in [0.15, 0.2) is 0 Å². The van der Waals surface area contributed by atoms with Crippen molar-refractivity contribution in [2.45, 2.75) is 24.7 Å². The lowest BCUT2D eigenvalue weighted by atomic mass is 10.2. The Morgan fingerprint density at radius 3 is 2.50 bits per heavy atom. The molecule has 16 heavy (non-hydrogen) atoms. The van der Waals surface area contributed by atoms with Crippen LogP contribution in [0.3, 0.4) is 0 Å². The average molecular weight is 241 g/mol. The average Bonchev–Trinajstić information content (AvgIpc) is 2.63. The molecule has 2 atom stereocenters. The Labute approximate surface area is 88.9 Å². The first-order chi connectivity index (χ1) is 7.34. The maximum absolute atomic E-state index is 11.8. The summed E-state index contributed by atoms with van der Waals surface area (Å²) in [6, 6.07) is -0.726. The van der Waals surface area contributed by atoms with Gasteiger partial charge >= 0.3 is 18.1 Å². The third kappa shape index (κ3) is 3.09. The molecule has 1 fully saturated rings. The summed E-state index contributed by atoms with van der Waals surface area (Å²) in [6.07, 6.45) is -5.99. The molecule has 0 saturated carbocycles. The smallest absolute Gasteiger partial charge is 0.468 e. The first-order valence-corrected chi connectivity index (χ1v) is 4.43. The van der Waals surface area contributed by atoms with Crippen molar-refractivity contribution in [2.75, 3.05) is 13.7 Å². The monoisotopic (exact) mass is 241 g/mol. The van der Waals surface area contributed by atoms with Crippen LogP contribution in [0.25, 0.3) is 0 Å². The highest BCUT2D eigenvalue weighted by atomic mass is 19.4. The molecular formula is C8H10F3NO4. The Bertz CT molecular complexity index is 291. The van der Waals surface area contributed by atoms with Crippen molar-refractivity contribution in [1.29, 1.82) is 0 Å². The molecule has 0 aliphatic carbocycles. The molecule has 0 spiro atoms. The number of alkyl halides is 3. The van der Waals surface area contributed by atoms with E-state index in [9.17, 15) is 22.8 Å². The molecule has 1 aliphatic rings. The first kappa shape index (κ1) is 12.8. The summed E-state index contributed by atoms with van der Waals surface area (Å²) in [5.41, 5.74) is 0. The van der Waals surface area contributed by atoms with Gasteiger partial charge in [-0.15, -0.1) is 0 Å².